The monoisotopic (exact) mass is 271 g/mol. The highest BCUT2D eigenvalue weighted by Crippen LogP contribution is 2.29. The maximum absolute atomic E-state index is 5.16. The van der Waals surface area contributed by atoms with Crippen LogP contribution >= 0.6 is 0 Å². The molecule has 1 atom stereocenters. The molecule has 3 rings (SSSR count). The largest absolute Gasteiger partial charge is 0.361 e. The van der Waals surface area contributed by atoms with Crippen LogP contribution in [0.4, 0.5) is 0 Å². The average Bonchev–Trinajstić information content (AvgIpc) is 2.74. The summed E-state index contributed by atoms with van der Waals surface area (Å²) in [5, 5.41) is 7.59. The van der Waals surface area contributed by atoms with Crippen molar-refractivity contribution in [3.05, 3.63) is 52.9 Å². The van der Waals surface area contributed by atoms with E-state index in [0.717, 1.165) is 37.5 Å². The molecule has 0 fully saturated rings. The van der Waals surface area contributed by atoms with Crippen LogP contribution in [-0.2, 0) is 13.1 Å². The molecule has 1 aromatic carbocycles. The number of aryl methyl sites for hydroxylation is 1. The van der Waals surface area contributed by atoms with Gasteiger partial charge in [-0.15, -0.1) is 0 Å². The van der Waals surface area contributed by atoms with E-state index in [2.05, 4.69) is 46.7 Å². The highest BCUT2D eigenvalue weighted by atomic mass is 16.5. The summed E-state index contributed by atoms with van der Waals surface area (Å²) in [6, 6.07) is 11.1. The molecule has 0 spiro atoms. The summed E-state index contributed by atoms with van der Waals surface area (Å²) >= 11 is 0. The van der Waals surface area contributed by atoms with Crippen LogP contribution in [0.2, 0.25) is 0 Å². The van der Waals surface area contributed by atoms with Crippen molar-refractivity contribution in [2.45, 2.75) is 32.5 Å². The molecule has 1 aliphatic heterocycles. The molecule has 0 amide bonds. The Bertz CT molecular complexity index is 579. The summed E-state index contributed by atoms with van der Waals surface area (Å²) in [4.78, 5) is 2.36. The van der Waals surface area contributed by atoms with Gasteiger partial charge in [0, 0.05) is 25.2 Å². The van der Waals surface area contributed by atoms with Gasteiger partial charge in [0.2, 0.25) is 0 Å². The summed E-state index contributed by atoms with van der Waals surface area (Å²) in [5.74, 6) is 0.872. The van der Waals surface area contributed by atoms with Crippen LogP contribution in [0.5, 0.6) is 0 Å². The van der Waals surface area contributed by atoms with Gasteiger partial charge >= 0.3 is 0 Å². The molecule has 0 bridgehead atoms. The molecule has 106 valence electrons. The van der Waals surface area contributed by atoms with Gasteiger partial charge in [0.05, 0.1) is 5.69 Å². The molecule has 1 N–H and O–H groups in total. The fraction of sp³-hybridized carbons (Fsp3) is 0.438. The maximum atomic E-state index is 5.16. The number of hydrogen-bond donors (Lipinski definition) is 1. The Kier molecular flexibility index (Phi) is 3.85. The van der Waals surface area contributed by atoms with E-state index in [1.165, 1.54) is 11.1 Å². The molecular weight excluding hydrogens is 250 g/mol. The first kappa shape index (κ1) is 13.3. The first-order valence-corrected chi connectivity index (χ1v) is 7.15. The molecule has 0 radical (unpaired) electrons. The van der Waals surface area contributed by atoms with E-state index in [1.807, 2.05) is 13.0 Å². The Morgan fingerprint density at radius 3 is 3.05 bits per heavy atom. The van der Waals surface area contributed by atoms with E-state index in [-0.39, 0.29) is 0 Å². The Labute approximate surface area is 119 Å². The smallest absolute Gasteiger partial charge is 0.133 e. The molecule has 0 saturated carbocycles. The van der Waals surface area contributed by atoms with Crippen molar-refractivity contribution in [1.82, 2.24) is 15.4 Å². The van der Waals surface area contributed by atoms with E-state index in [4.69, 9.17) is 4.52 Å². The summed E-state index contributed by atoms with van der Waals surface area (Å²) in [6.45, 7) is 4.75. The van der Waals surface area contributed by atoms with Crippen molar-refractivity contribution < 1.29 is 4.52 Å². The zero-order valence-electron chi connectivity index (χ0n) is 12.1. The lowest BCUT2D eigenvalue weighted by Crippen LogP contribution is -2.25. The van der Waals surface area contributed by atoms with Crippen LogP contribution in [0.25, 0.3) is 0 Å². The Hall–Kier alpha value is -1.65. The van der Waals surface area contributed by atoms with Crippen molar-refractivity contribution in [2.24, 2.45) is 0 Å². The van der Waals surface area contributed by atoms with E-state index >= 15 is 0 Å². The quantitative estimate of drug-likeness (QED) is 0.932. The van der Waals surface area contributed by atoms with E-state index in [9.17, 15) is 0 Å². The molecule has 4 nitrogen and oxygen atoms in total. The Balaban J connectivity index is 1.81. The molecule has 1 aliphatic rings. The third kappa shape index (κ3) is 2.76. The summed E-state index contributed by atoms with van der Waals surface area (Å²) in [7, 11) is 2.16. The number of benzene rings is 1. The summed E-state index contributed by atoms with van der Waals surface area (Å²) < 4.78 is 5.16. The number of aromatic nitrogens is 1. The van der Waals surface area contributed by atoms with Gasteiger partial charge < -0.3 is 9.84 Å². The number of hydrogen-bond acceptors (Lipinski definition) is 4. The standard InChI is InChI=1S/C16H21N3O/c1-12-9-14(18-20-12)11-19(2)16-7-8-17-10-13-5-3-4-6-15(13)16/h3-6,9,16-17H,7-8,10-11H2,1-2H3. The van der Waals surface area contributed by atoms with Crippen LogP contribution in [-0.4, -0.2) is 23.6 Å². The fourth-order valence-electron chi connectivity index (χ4n) is 2.95. The minimum atomic E-state index is 0.429. The molecule has 20 heavy (non-hydrogen) atoms. The predicted molar refractivity (Wildman–Crippen MR) is 78.2 cm³/mol. The number of rotatable bonds is 3. The van der Waals surface area contributed by atoms with E-state index < -0.39 is 0 Å². The van der Waals surface area contributed by atoms with Gasteiger partial charge in [0.15, 0.2) is 0 Å². The van der Waals surface area contributed by atoms with Gasteiger partial charge in [0.1, 0.15) is 5.76 Å². The minimum absolute atomic E-state index is 0.429. The van der Waals surface area contributed by atoms with Crippen LogP contribution < -0.4 is 5.32 Å². The third-order valence-corrected chi connectivity index (χ3v) is 3.94. The first-order chi connectivity index (χ1) is 9.74. The van der Waals surface area contributed by atoms with Crippen molar-refractivity contribution in [1.29, 1.82) is 0 Å². The van der Waals surface area contributed by atoms with Gasteiger partial charge in [-0.1, -0.05) is 29.4 Å². The highest BCUT2D eigenvalue weighted by Gasteiger charge is 2.22. The Morgan fingerprint density at radius 2 is 2.25 bits per heavy atom. The lowest BCUT2D eigenvalue weighted by molar-refractivity contribution is 0.220. The summed E-state index contributed by atoms with van der Waals surface area (Å²) in [6.07, 6.45) is 1.12. The lowest BCUT2D eigenvalue weighted by atomic mass is 9.98. The van der Waals surface area contributed by atoms with Gasteiger partial charge in [-0.05, 0) is 38.1 Å². The second kappa shape index (κ2) is 5.77. The minimum Gasteiger partial charge on any atom is -0.361 e. The highest BCUT2D eigenvalue weighted by molar-refractivity contribution is 5.31. The van der Waals surface area contributed by atoms with Crippen LogP contribution in [0, 0.1) is 6.92 Å². The van der Waals surface area contributed by atoms with Crippen molar-refractivity contribution in [3.63, 3.8) is 0 Å². The van der Waals surface area contributed by atoms with E-state index in [1.54, 1.807) is 0 Å². The molecule has 1 aromatic heterocycles. The van der Waals surface area contributed by atoms with Crippen molar-refractivity contribution in [2.75, 3.05) is 13.6 Å². The molecular formula is C16H21N3O. The SMILES string of the molecule is Cc1cc(CN(C)C2CCNCc3ccccc32)no1. The van der Waals surface area contributed by atoms with Crippen molar-refractivity contribution >= 4 is 0 Å². The van der Waals surface area contributed by atoms with E-state index in [0.29, 0.717) is 6.04 Å². The molecule has 2 heterocycles. The zero-order valence-corrected chi connectivity index (χ0v) is 12.1. The van der Waals surface area contributed by atoms with Crippen LogP contribution in [0.1, 0.15) is 35.0 Å². The van der Waals surface area contributed by atoms with Gasteiger partial charge in [-0.2, -0.15) is 0 Å². The van der Waals surface area contributed by atoms with Crippen LogP contribution in [0.15, 0.2) is 34.9 Å². The molecule has 0 aliphatic carbocycles. The summed E-state index contributed by atoms with van der Waals surface area (Å²) in [5.41, 5.74) is 3.83. The zero-order chi connectivity index (χ0) is 13.9. The molecule has 1 unspecified atom stereocenters. The number of nitrogens with zero attached hydrogens (tertiary/aromatic N) is 2. The molecule has 2 aromatic rings. The number of nitrogens with one attached hydrogen (secondary N) is 1. The van der Waals surface area contributed by atoms with Crippen molar-refractivity contribution in [3.8, 4) is 0 Å². The predicted octanol–water partition coefficient (Wildman–Crippen LogP) is 2.65. The van der Waals surface area contributed by atoms with Crippen LogP contribution in [0.3, 0.4) is 0 Å². The number of fused-ring (bicyclic) bond motifs is 1. The second-order valence-corrected chi connectivity index (χ2v) is 5.52. The second-order valence-electron chi connectivity index (χ2n) is 5.52. The third-order valence-electron chi connectivity index (χ3n) is 3.94. The topological polar surface area (TPSA) is 41.3 Å². The van der Waals surface area contributed by atoms with Gasteiger partial charge in [-0.25, -0.2) is 0 Å². The van der Waals surface area contributed by atoms with Gasteiger partial charge in [-0.3, -0.25) is 4.90 Å². The maximum Gasteiger partial charge on any atom is 0.133 e. The normalized spacial score (nSPS) is 18.9. The molecule has 4 heteroatoms. The average molecular weight is 271 g/mol. The Morgan fingerprint density at radius 1 is 1.40 bits per heavy atom. The molecule has 0 saturated heterocycles. The first-order valence-electron chi connectivity index (χ1n) is 7.15. The lowest BCUT2D eigenvalue weighted by Gasteiger charge is -2.27. The fourth-order valence-corrected chi connectivity index (χ4v) is 2.95. The van der Waals surface area contributed by atoms with Gasteiger partial charge in [0.25, 0.3) is 0 Å².